The summed E-state index contributed by atoms with van der Waals surface area (Å²) in [6, 6.07) is 5.25. The van der Waals surface area contributed by atoms with Crippen molar-refractivity contribution in [3.05, 3.63) is 52.1 Å². The molecule has 0 spiro atoms. The second-order valence-corrected chi connectivity index (χ2v) is 5.36. The Bertz CT molecular complexity index is 560. The monoisotopic (exact) mass is 315 g/mol. The van der Waals surface area contributed by atoms with Crippen molar-refractivity contribution < 1.29 is 8.78 Å². The van der Waals surface area contributed by atoms with E-state index in [4.69, 9.17) is 0 Å². The van der Waals surface area contributed by atoms with Gasteiger partial charge in [0, 0.05) is 6.20 Å². The van der Waals surface area contributed by atoms with Crippen molar-refractivity contribution in [1.82, 2.24) is 4.98 Å². The van der Waals surface area contributed by atoms with Crippen LogP contribution >= 0.6 is 27.7 Å². The van der Waals surface area contributed by atoms with Crippen LogP contribution in [-0.4, -0.2) is 4.98 Å². The quantitative estimate of drug-likeness (QED) is 0.804. The van der Waals surface area contributed by atoms with Crippen LogP contribution in [0.25, 0.3) is 0 Å². The molecule has 0 radical (unpaired) electrons. The summed E-state index contributed by atoms with van der Waals surface area (Å²) in [5.74, 6) is -0.914. The molecule has 17 heavy (non-hydrogen) atoms. The highest BCUT2D eigenvalue weighted by Crippen LogP contribution is 2.33. The Morgan fingerprint density at radius 1 is 1.24 bits per heavy atom. The van der Waals surface area contributed by atoms with Crippen molar-refractivity contribution >= 4 is 27.7 Å². The SMILES string of the molecule is Cc1cnc(Sc2cc(F)ccc2F)c(Br)c1. The van der Waals surface area contributed by atoms with Gasteiger partial charge in [-0.1, -0.05) is 11.8 Å². The van der Waals surface area contributed by atoms with Crippen LogP contribution < -0.4 is 0 Å². The van der Waals surface area contributed by atoms with E-state index in [1.165, 1.54) is 0 Å². The zero-order valence-corrected chi connectivity index (χ0v) is 11.3. The molecule has 1 nitrogen and oxygen atoms in total. The lowest BCUT2D eigenvalue weighted by molar-refractivity contribution is 0.577. The zero-order valence-electron chi connectivity index (χ0n) is 8.88. The minimum atomic E-state index is -0.461. The van der Waals surface area contributed by atoms with Crippen LogP contribution in [0.2, 0.25) is 0 Å². The molecular weight excluding hydrogens is 308 g/mol. The van der Waals surface area contributed by atoms with Crippen molar-refractivity contribution in [2.24, 2.45) is 0 Å². The van der Waals surface area contributed by atoms with Gasteiger partial charge in [0.25, 0.3) is 0 Å². The maximum atomic E-state index is 13.4. The van der Waals surface area contributed by atoms with E-state index >= 15 is 0 Å². The lowest BCUT2D eigenvalue weighted by Crippen LogP contribution is -1.87. The molecule has 0 aliphatic rings. The van der Waals surface area contributed by atoms with Crippen LogP contribution in [0.1, 0.15) is 5.56 Å². The van der Waals surface area contributed by atoms with Gasteiger partial charge >= 0.3 is 0 Å². The zero-order chi connectivity index (χ0) is 12.4. The first-order valence-corrected chi connectivity index (χ1v) is 6.42. The molecule has 1 aromatic carbocycles. The number of hydrogen-bond donors (Lipinski definition) is 0. The minimum absolute atomic E-state index is 0.224. The van der Waals surface area contributed by atoms with E-state index in [1.807, 2.05) is 13.0 Å². The third-order valence-corrected chi connectivity index (χ3v) is 3.96. The Balaban J connectivity index is 2.34. The molecule has 0 aliphatic carbocycles. The van der Waals surface area contributed by atoms with Gasteiger partial charge in [-0.05, 0) is 52.7 Å². The van der Waals surface area contributed by atoms with Gasteiger partial charge in [0.1, 0.15) is 16.7 Å². The number of aromatic nitrogens is 1. The molecule has 0 N–H and O–H groups in total. The van der Waals surface area contributed by atoms with Crippen molar-refractivity contribution in [2.45, 2.75) is 16.8 Å². The fourth-order valence-electron chi connectivity index (χ4n) is 1.26. The van der Waals surface area contributed by atoms with E-state index in [-0.39, 0.29) is 4.90 Å². The lowest BCUT2D eigenvalue weighted by atomic mass is 10.3. The molecule has 0 amide bonds. The largest absolute Gasteiger partial charge is 0.248 e. The Morgan fingerprint density at radius 3 is 2.71 bits per heavy atom. The fraction of sp³-hybridized carbons (Fsp3) is 0.0833. The molecule has 1 heterocycles. The number of hydrogen-bond acceptors (Lipinski definition) is 2. The molecule has 5 heteroatoms. The minimum Gasteiger partial charge on any atom is -0.248 e. The van der Waals surface area contributed by atoms with E-state index in [9.17, 15) is 8.78 Å². The lowest BCUT2D eigenvalue weighted by Gasteiger charge is -2.05. The fourth-order valence-corrected chi connectivity index (χ4v) is 2.77. The number of benzene rings is 1. The van der Waals surface area contributed by atoms with Crippen LogP contribution in [0.5, 0.6) is 0 Å². The predicted molar refractivity (Wildman–Crippen MR) is 67.2 cm³/mol. The van der Waals surface area contributed by atoms with E-state index in [2.05, 4.69) is 20.9 Å². The van der Waals surface area contributed by atoms with Crippen LogP contribution in [-0.2, 0) is 0 Å². The molecule has 0 aliphatic heterocycles. The highest BCUT2D eigenvalue weighted by Gasteiger charge is 2.09. The number of aryl methyl sites for hydroxylation is 1. The molecule has 2 rings (SSSR count). The molecule has 0 fully saturated rings. The molecule has 0 saturated carbocycles. The Labute approximate surface area is 110 Å². The van der Waals surface area contributed by atoms with Crippen molar-refractivity contribution in [3.8, 4) is 0 Å². The molecule has 0 saturated heterocycles. The first-order valence-electron chi connectivity index (χ1n) is 4.81. The maximum absolute atomic E-state index is 13.4. The first-order chi connectivity index (χ1) is 8.06. The smallest absolute Gasteiger partial charge is 0.137 e. The van der Waals surface area contributed by atoms with Gasteiger partial charge in [-0.15, -0.1) is 0 Å². The van der Waals surface area contributed by atoms with Gasteiger partial charge in [0.2, 0.25) is 0 Å². The van der Waals surface area contributed by atoms with Crippen LogP contribution in [0.4, 0.5) is 8.78 Å². The third kappa shape index (κ3) is 3.04. The number of pyridine rings is 1. The highest BCUT2D eigenvalue weighted by atomic mass is 79.9. The van der Waals surface area contributed by atoms with Gasteiger partial charge in [-0.25, -0.2) is 13.8 Å². The number of rotatable bonds is 2. The van der Waals surface area contributed by atoms with Gasteiger partial charge < -0.3 is 0 Å². The summed E-state index contributed by atoms with van der Waals surface area (Å²) < 4.78 is 27.2. The van der Waals surface area contributed by atoms with Crippen LogP contribution in [0.15, 0.2) is 44.9 Å². The summed E-state index contributed by atoms with van der Waals surface area (Å²) in [5.41, 5.74) is 1.00. The van der Waals surface area contributed by atoms with Crippen LogP contribution in [0.3, 0.4) is 0 Å². The Kier molecular flexibility index (Phi) is 3.79. The maximum Gasteiger partial charge on any atom is 0.137 e. The predicted octanol–water partition coefficient (Wildman–Crippen LogP) is 4.58. The topological polar surface area (TPSA) is 12.9 Å². The summed E-state index contributed by atoms with van der Waals surface area (Å²) in [4.78, 5) is 4.39. The van der Waals surface area contributed by atoms with E-state index in [0.29, 0.717) is 5.03 Å². The van der Waals surface area contributed by atoms with Gasteiger partial charge in [0.05, 0.1) is 9.37 Å². The molecule has 0 unspecified atom stereocenters. The third-order valence-electron chi connectivity index (χ3n) is 2.04. The van der Waals surface area contributed by atoms with Gasteiger partial charge in [0.15, 0.2) is 0 Å². The van der Waals surface area contributed by atoms with E-state index < -0.39 is 11.6 Å². The van der Waals surface area contributed by atoms with E-state index in [0.717, 1.165) is 40.0 Å². The molecule has 0 atom stereocenters. The number of nitrogens with zero attached hydrogens (tertiary/aromatic N) is 1. The first kappa shape index (κ1) is 12.5. The van der Waals surface area contributed by atoms with E-state index in [1.54, 1.807) is 6.20 Å². The highest BCUT2D eigenvalue weighted by molar-refractivity contribution is 9.10. The summed E-state index contributed by atoms with van der Waals surface area (Å²) >= 11 is 4.44. The second kappa shape index (κ2) is 5.14. The number of halogens is 3. The molecular formula is C12H8BrF2NS. The molecule has 0 bridgehead atoms. The molecule has 1 aromatic heterocycles. The van der Waals surface area contributed by atoms with Gasteiger partial charge in [-0.2, -0.15) is 0 Å². The van der Waals surface area contributed by atoms with Crippen LogP contribution in [0, 0.1) is 18.6 Å². The van der Waals surface area contributed by atoms with Crippen molar-refractivity contribution in [2.75, 3.05) is 0 Å². The molecule has 88 valence electrons. The van der Waals surface area contributed by atoms with Crippen molar-refractivity contribution in [3.63, 3.8) is 0 Å². The summed E-state index contributed by atoms with van der Waals surface area (Å²) in [5, 5.41) is 0.611. The van der Waals surface area contributed by atoms with Crippen molar-refractivity contribution in [1.29, 1.82) is 0 Å². The summed E-state index contributed by atoms with van der Waals surface area (Å²) in [6.07, 6.45) is 1.68. The molecule has 2 aromatic rings. The average molecular weight is 316 g/mol. The Hall–Kier alpha value is -0.940. The summed E-state index contributed by atoms with van der Waals surface area (Å²) in [7, 11) is 0. The average Bonchev–Trinajstić information content (AvgIpc) is 2.27. The normalized spacial score (nSPS) is 10.6. The standard InChI is InChI=1S/C12H8BrF2NS/c1-7-4-9(13)12(16-6-7)17-11-5-8(14)2-3-10(11)15/h2-6H,1H3. The van der Waals surface area contributed by atoms with Gasteiger partial charge in [-0.3, -0.25) is 0 Å². The summed E-state index contributed by atoms with van der Waals surface area (Å²) in [6.45, 7) is 1.91. The Morgan fingerprint density at radius 2 is 2.00 bits per heavy atom. The second-order valence-electron chi connectivity index (χ2n) is 3.48.